The first-order chi connectivity index (χ1) is 7.80. The Balaban J connectivity index is 3.35. The molecule has 5 heteroatoms. The maximum atomic E-state index is 11.5. The van der Waals surface area contributed by atoms with E-state index in [0.717, 1.165) is 4.47 Å². The molecule has 4 nitrogen and oxygen atoms in total. The van der Waals surface area contributed by atoms with E-state index < -0.39 is 11.5 Å². The van der Waals surface area contributed by atoms with Crippen LogP contribution in [0, 0.1) is 0 Å². The Kier molecular flexibility index (Phi) is 3.93. The van der Waals surface area contributed by atoms with E-state index in [0.29, 0.717) is 5.56 Å². The molecule has 0 bridgehead atoms. The number of likely N-dealkylation sites (N-methyl/N-ethyl adjacent to an activating group) is 1. The van der Waals surface area contributed by atoms with Gasteiger partial charge in [0.1, 0.15) is 0 Å². The second-order valence-corrected chi connectivity index (χ2v) is 4.88. The van der Waals surface area contributed by atoms with Crippen LogP contribution in [0.25, 0.3) is 0 Å². The summed E-state index contributed by atoms with van der Waals surface area (Å²) >= 11 is 3.29. The van der Waals surface area contributed by atoms with E-state index in [9.17, 15) is 14.7 Å². The molecule has 17 heavy (non-hydrogen) atoms. The van der Waals surface area contributed by atoms with Gasteiger partial charge >= 0.3 is 5.97 Å². The Labute approximate surface area is 108 Å². The van der Waals surface area contributed by atoms with Crippen molar-refractivity contribution in [1.82, 2.24) is 4.90 Å². The van der Waals surface area contributed by atoms with Gasteiger partial charge in [0.15, 0.2) is 5.54 Å². The van der Waals surface area contributed by atoms with Gasteiger partial charge in [-0.25, -0.2) is 4.79 Å². The van der Waals surface area contributed by atoms with Gasteiger partial charge in [0.25, 0.3) is 0 Å². The van der Waals surface area contributed by atoms with Gasteiger partial charge in [0.05, 0.1) is 0 Å². The van der Waals surface area contributed by atoms with Crippen molar-refractivity contribution in [1.29, 1.82) is 0 Å². The Morgan fingerprint density at radius 3 is 2.41 bits per heavy atom. The molecule has 0 aliphatic heterocycles. The van der Waals surface area contributed by atoms with Crippen LogP contribution in [0.5, 0.6) is 0 Å². The zero-order valence-electron chi connectivity index (χ0n) is 9.90. The van der Waals surface area contributed by atoms with Crippen LogP contribution in [-0.2, 0) is 15.1 Å². The van der Waals surface area contributed by atoms with Crippen molar-refractivity contribution in [2.45, 2.75) is 19.4 Å². The molecule has 0 saturated heterocycles. The Hall–Kier alpha value is -1.36. The fourth-order valence-corrected chi connectivity index (χ4v) is 1.97. The van der Waals surface area contributed by atoms with Crippen LogP contribution in [0.1, 0.15) is 19.4 Å². The van der Waals surface area contributed by atoms with Crippen molar-refractivity contribution in [3.63, 3.8) is 0 Å². The molecule has 0 heterocycles. The summed E-state index contributed by atoms with van der Waals surface area (Å²) in [7, 11) is 1.48. The second kappa shape index (κ2) is 4.87. The van der Waals surface area contributed by atoms with Gasteiger partial charge in [0.2, 0.25) is 5.91 Å². The van der Waals surface area contributed by atoms with Crippen molar-refractivity contribution >= 4 is 27.8 Å². The van der Waals surface area contributed by atoms with E-state index in [4.69, 9.17) is 0 Å². The summed E-state index contributed by atoms with van der Waals surface area (Å²) in [5.41, 5.74) is -0.813. The van der Waals surface area contributed by atoms with Crippen molar-refractivity contribution in [2.75, 3.05) is 7.05 Å². The highest BCUT2D eigenvalue weighted by atomic mass is 79.9. The summed E-state index contributed by atoms with van der Waals surface area (Å²) in [6.45, 7) is 2.86. The van der Waals surface area contributed by atoms with Crippen molar-refractivity contribution in [3.8, 4) is 0 Å². The standard InChI is InChI=1S/C12H14BrNO3/c1-8(15)14(3)12(2,11(16)17)9-5-4-6-10(13)7-9/h4-7H,1-3H3,(H,16,17). The number of nitrogens with zero attached hydrogens (tertiary/aromatic N) is 1. The number of carboxylic acids is 1. The van der Waals surface area contributed by atoms with Crippen LogP contribution in [0.3, 0.4) is 0 Å². The molecule has 0 saturated carbocycles. The smallest absolute Gasteiger partial charge is 0.334 e. The average Bonchev–Trinajstić information content (AvgIpc) is 2.26. The quantitative estimate of drug-likeness (QED) is 0.931. The van der Waals surface area contributed by atoms with Crippen LogP contribution in [0.2, 0.25) is 0 Å². The summed E-state index contributed by atoms with van der Waals surface area (Å²) in [5.74, 6) is -1.36. The predicted octanol–water partition coefficient (Wildman–Crippen LogP) is 2.23. The van der Waals surface area contributed by atoms with E-state index >= 15 is 0 Å². The lowest BCUT2D eigenvalue weighted by Crippen LogP contribution is -2.49. The highest BCUT2D eigenvalue weighted by Crippen LogP contribution is 2.29. The molecule has 1 aromatic carbocycles. The predicted molar refractivity (Wildman–Crippen MR) is 67.6 cm³/mol. The number of aliphatic carboxylic acids is 1. The number of benzene rings is 1. The molecular formula is C12H14BrNO3. The molecule has 1 atom stereocenters. The highest BCUT2D eigenvalue weighted by Gasteiger charge is 2.41. The summed E-state index contributed by atoms with van der Waals surface area (Å²) < 4.78 is 0.777. The minimum atomic E-state index is -1.37. The molecule has 1 rings (SSSR count). The zero-order valence-corrected chi connectivity index (χ0v) is 11.5. The van der Waals surface area contributed by atoms with Crippen LogP contribution in [0.15, 0.2) is 28.7 Å². The molecule has 0 aromatic heterocycles. The number of amides is 1. The number of hydrogen-bond acceptors (Lipinski definition) is 2. The third-order valence-corrected chi connectivity index (χ3v) is 3.44. The lowest BCUT2D eigenvalue weighted by molar-refractivity contribution is -0.156. The maximum absolute atomic E-state index is 11.5. The number of halogens is 1. The Morgan fingerprint density at radius 2 is 2.00 bits per heavy atom. The molecule has 1 aromatic rings. The van der Waals surface area contributed by atoms with Gasteiger partial charge in [-0.2, -0.15) is 0 Å². The Morgan fingerprint density at radius 1 is 1.41 bits per heavy atom. The van der Waals surface area contributed by atoms with E-state index in [2.05, 4.69) is 15.9 Å². The lowest BCUT2D eigenvalue weighted by atomic mass is 9.90. The lowest BCUT2D eigenvalue weighted by Gasteiger charge is -2.34. The van der Waals surface area contributed by atoms with E-state index in [1.165, 1.54) is 25.8 Å². The van der Waals surface area contributed by atoms with Crippen molar-refractivity contribution in [3.05, 3.63) is 34.3 Å². The van der Waals surface area contributed by atoms with Gasteiger partial charge in [-0.15, -0.1) is 0 Å². The first-order valence-corrected chi connectivity index (χ1v) is 5.83. The van der Waals surface area contributed by atoms with Gasteiger partial charge in [-0.1, -0.05) is 28.1 Å². The fraction of sp³-hybridized carbons (Fsp3) is 0.333. The SMILES string of the molecule is CC(=O)N(C)C(C)(C(=O)O)c1cccc(Br)c1. The molecule has 1 unspecified atom stereocenters. The normalized spacial score (nSPS) is 13.9. The monoisotopic (exact) mass is 299 g/mol. The third kappa shape index (κ3) is 2.49. The summed E-state index contributed by atoms with van der Waals surface area (Å²) in [5, 5.41) is 9.39. The van der Waals surface area contributed by atoms with Gasteiger partial charge in [0, 0.05) is 18.4 Å². The average molecular weight is 300 g/mol. The van der Waals surface area contributed by atoms with E-state index in [-0.39, 0.29) is 5.91 Å². The number of carbonyl (C=O) groups is 2. The molecule has 1 amide bonds. The maximum Gasteiger partial charge on any atom is 0.334 e. The van der Waals surface area contributed by atoms with Crippen molar-refractivity contribution in [2.24, 2.45) is 0 Å². The summed E-state index contributed by atoms with van der Waals surface area (Å²) in [6, 6.07) is 6.94. The van der Waals surface area contributed by atoms with Gasteiger partial charge in [-0.3, -0.25) is 4.79 Å². The molecular weight excluding hydrogens is 286 g/mol. The summed E-state index contributed by atoms with van der Waals surface area (Å²) in [4.78, 5) is 24.1. The summed E-state index contributed by atoms with van der Waals surface area (Å²) in [6.07, 6.45) is 0. The largest absolute Gasteiger partial charge is 0.479 e. The Bertz CT molecular complexity index is 461. The van der Waals surface area contributed by atoms with Crippen LogP contribution in [-0.4, -0.2) is 28.9 Å². The van der Waals surface area contributed by atoms with Crippen LogP contribution < -0.4 is 0 Å². The third-order valence-electron chi connectivity index (χ3n) is 2.95. The molecule has 0 spiro atoms. The molecule has 0 fully saturated rings. The van der Waals surface area contributed by atoms with Gasteiger partial charge in [-0.05, 0) is 24.6 Å². The number of rotatable bonds is 3. The molecule has 1 N–H and O–H groups in total. The molecule has 92 valence electrons. The van der Waals surface area contributed by atoms with E-state index in [1.54, 1.807) is 24.3 Å². The minimum Gasteiger partial charge on any atom is -0.479 e. The molecule has 0 aliphatic rings. The first kappa shape index (κ1) is 13.7. The van der Waals surface area contributed by atoms with Gasteiger partial charge < -0.3 is 10.0 Å². The minimum absolute atomic E-state index is 0.296. The molecule has 0 aliphatic carbocycles. The number of carbonyl (C=O) groups excluding carboxylic acids is 1. The number of carboxylic acid groups (broad SMARTS) is 1. The van der Waals surface area contributed by atoms with Crippen LogP contribution >= 0.6 is 15.9 Å². The highest BCUT2D eigenvalue weighted by molar-refractivity contribution is 9.10. The topological polar surface area (TPSA) is 57.6 Å². The zero-order chi connectivity index (χ0) is 13.2. The molecule has 0 radical (unpaired) electrons. The second-order valence-electron chi connectivity index (χ2n) is 3.97. The van der Waals surface area contributed by atoms with Crippen LogP contribution in [0.4, 0.5) is 0 Å². The van der Waals surface area contributed by atoms with E-state index in [1.807, 2.05) is 0 Å². The van der Waals surface area contributed by atoms with Crippen molar-refractivity contribution < 1.29 is 14.7 Å². The number of hydrogen-bond donors (Lipinski definition) is 1. The first-order valence-electron chi connectivity index (χ1n) is 5.04. The fourth-order valence-electron chi connectivity index (χ4n) is 1.57.